The molecule has 0 heterocycles. The van der Waals surface area contributed by atoms with Gasteiger partial charge in [-0.15, -0.1) is 0 Å². The summed E-state index contributed by atoms with van der Waals surface area (Å²) in [4.78, 5) is 23.5. The van der Waals surface area contributed by atoms with Crippen molar-refractivity contribution in [2.24, 2.45) is 0 Å². The number of amides is 1. The molecule has 1 aliphatic rings. The molecule has 0 spiro atoms. The summed E-state index contributed by atoms with van der Waals surface area (Å²) in [6.07, 6.45) is 0.206. The third kappa shape index (κ3) is 5.11. The number of fused-ring (bicyclic) bond motifs is 3. The average Bonchev–Trinajstić information content (AvgIpc) is 2.98. The summed E-state index contributed by atoms with van der Waals surface area (Å²) in [7, 11) is 3.26. The number of aldehydes is 1. The summed E-state index contributed by atoms with van der Waals surface area (Å²) in [6.45, 7) is 6.58. The van der Waals surface area contributed by atoms with Crippen molar-refractivity contribution < 1.29 is 14.3 Å². The molecule has 1 N–H and O–H groups in total. The Bertz CT molecular complexity index is 802. The van der Waals surface area contributed by atoms with Crippen LogP contribution in [-0.2, 0) is 9.53 Å². The van der Waals surface area contributed by atoms with Gasteiger partial charge in [0.05, 0.1) is 6.04 Å². The van der Waals surface area contributed by atoms with Crippen LogP contribution in [0.4, 0.5) is 4.79 Å². The molecule has 0 aromatic heterocycles. The van der Waals surface area contributed by atoms with Crippen LogP contribution in [0.3, 0.4) is 0 Å². The molecule has 2 aromatic rings. The minimum absolute atomic E-state index is 0.0126. The molecule has 0 aliphatic heterocycles. The molecule has 1 amide bonds. The third-order valence-electron chi connectivity index (χ3n) is 4.37. The number of benzene rings is 2. The van der Waals surface area contributed by atoms with Gasteiger partial charge in [0.2, 0.25) is 0 Å². The molecular formula is C22H25NO3S2. The summed E-state index contributed by atoms with van der Waals surface area (Å²) in [5.74, 6) is 0.522. The molecule has 0 fully saturated rings. The standard InChI is InChI=1S/C22H25NO3S2/c1-22(2,3)28-27-14-15(12-24)23-21(25)26-13-20-18-10-6-4-8-16(18)17-9-5-7-11-19(17)20/h4-12,15,20H,13-14H2,1-3H3,(H,23,25). The van der Waals surface area contributed by atoms with Crippen LogP contribution < -0.4 is 5.32 Å². The first-order valence-corrected chi connectivity index (χ1v) is 11.6. The maximum Gasteiger partial charge on any atom is 0.407 e. The summed E-state index contributed by atoms with van der Waals surface area (Å²) in [5, 5.41) is 2.66. The van der Waals surface area contributed by atoms with Gasteiger partial charge in [0, 0.05) is 16.4 Å². The van der Waals surface area contributed by atoms with E-state index >= 15 is 0 Å². The molecule has 6 heteroatoms. The number of carbonyl (C=O) groups excluding carboxylic acids is 2. The maximum atomic E-state index is 12.2. The molecule has 0 saturated carbocycles. The highest BCUT2D eigenvalue weighted by Crippen LogP contribution is 2.44. The van der Waals surface area contributed by atoms with Crippen molar-refractivity contribution in [3.05, 3.63) is 59.7 Å². The lowest BCUT2D eigenvalue weighted by Gasteiger charge is -2.19. The van der Waals surface area contributed by atoms with Crippen molar-refractivity contribution in [2.45, 2.75) is 37.5 Å². The van der Waals surface area contributed by atoms with Gasteiger partial charge in [-0.3, -0.25) is 0 Å². The fraction of sp³-hybridized carbons (Fsp3) is 0.364. The van der Waals surface area contributed by atoms with Crippen molar-refractivity contribution in [1.29, 1.82) is 0 Å². The topological polar surface area (TPSA) is 55.4 Å². The van der Waals surface area contributed by atoms with Crippen LogP contribution in [0.2, 0.25) is 0 Å². The smallest absolute Gasteiger partial charge is 0.407 e. The highest BCUT2D eigenvalue weighted by atomic mass is 33.1. The van der Waals surface area contributed by atoms with Crippen LogP contribution in [0, 0.1) is 0 Å². The van der Waals surface area contributed by atoms with Crippen LogP contribution in [0.25, 0.3) is 11.1 Å². The van der Waals surface area contributed by atoms with E-state index in [1.165, 1.54) is 22.3 Å². The van der Waals surface area contributed by atoms with Crippen molar-refractivity contribution in [3.63, 3.8) is 0 Å². The Morgan fingerprint density at radius 1 is 1.11 bits per heavy atom. The number of rotatable bonds is 7. The zero-order valence-corrected chi connectivity index (χ0v) is 17.9. The number of alkyl carbamates (subject to hydrolysis) is 1. The monoisotopic (exact) mass is 415 g/mol. The summed E-state index contributed by atoms with van der Waals surface area (Å²) < 4.78 is 5.59. The molecule has 1 unspecified atom stereocenters. The first-order chi connectivity index (χ1) is 13.4. The van der Waals surface area contributed by atoms with Gasteiger partial charge in [-0.1, -0.05) is 90.9 Å². The minimum Gasteiger partial charge on any atom is -0.449 e. The number of nitrogens with one attached hydrogen (secondary N) is 1. The molecule has 3 rings (SSSR count). The fourth-order valence-corrected chi connectivity index (χ4v) is 5.63. The number of ether oxygens (including phenoxy) is 1. The van der Waals surface area contributed by atoms with Gasteiger partial charge < -0.3 is 14.8 Å². The largest absolute Gasteiger partial charge is 0.449 e. The molecule has 0 bridgehead atoms. The Balaban J connectivity index is 1.58. The van der Waals surface area contributed by atoms with Crippen molar-refractivity contribution in [1.82, 2.24) is 5.32 Å². The number of hydrogen-bond acceptors (Lipinski definition) is 5. The predicted molar refractivity (Wildman–Crippen MR) is 118 cm³/mol. The van der Waals surface area contributed by atoms with Gasteiger partial charge >= 0.3 is 6.09 Å². The second kappa shape index (κ2) is 9.05. The van der Waals surface area contributed by atoms with Gasteiger partial charge in [0.1, 0.15) is 12.9 Å². The van der Waals surface area contributed by atoms with E-state index in [2.05, 4.69) is 50.4 Å². The number of carbonyl (C=O) groups is 2. The van der Waals surface area contributed by atoms with Crippen molar-refractivity contribution in [3.8, 4) is 11.1 Å². The highest BCUT2D eigenvalue weighted by Gasteiger charge is 2.29. The van der Waals surface area contributed by atoms with Crippen LogP contribution in [0.1, 0.15) is 37.8 Å². The minimum atomic E-state index is -0.560. The lowest BCUT2D eigenvalue weighted by atomic mass is 9.98. The van der Waals surface area contributed by atoms with Crippen molar-refractivity contribution in [2.75, 3.05) is 12.4 Å². The van der Waals surface area contributed by atoms with E-state index in [0.717, 1.165) is 6.29 Å². The molecule has 0 saturated heterocycles. The summed E-state index contributed by atoms with van der Waals surface area (Å²) in [5.41, 5.74) is 4.71. The second-order valence-electron chi connectivity index (χ2n) is 7.69. The van der Waals surface area contributed by atoms with Crippen LogP contribution >= 0.6 is 21.6 Å². The molecule has 148 valence electrons. The Morgan fingerprint density at radius 2 is 1.68 bits per heavy atom. The van der Waals surface area contributed by atoms with E-state index in [-0.39, 0.29) is 17.3 Å². The molecule has 28 heavy (non-hydrogen) atoms. The molecule has 2 aromatic carbocycles. The first kappa shape index (κ1) is 20.8. The normalized spacial score (nSPS) is 14.1. The third-order valence-corrected chi connectivity index (χ3v) is 7.74. The van der Waals surface area contributed by atoms with Gasteiger partial charge in [0.15, 0.2) is 0 Å². The summed E-state index contributed by atoms with van der Waals surface area (Å²) >= 11 is 0. The second-order valence-corrected chi connectivity index (χ2v) is 10.9. The Morgan fingerprint density at radius 3 is 2.21 bits per heavy atom. The van der Waals surface area contributed by atoms with E-state index in [0.29, 0.717) is 5.75 Å². The summed E-state index contributed by atoms with van der Waals surface area (Å²) in [6, 6.07) is 15.8. The lowest BCUT2D eigenvalue weighted by Crippen LogP contribution is -2.38. The van der Waals surface area contributed by atoms with E-state index in [1.807, 2.05) is 24.3 Å². The van der Waals surface area contributed by atoms with E-state index < -0.39 is 12.1 Å². The van der Waals surface area contributed by atoms with Gasteiger partial charge in [-0.2, -0.15) is 0 Å². The molecular weight excluding hydrogens is 390 g/mol. The van der Waals surface area contributed by atoms with Crippen molar-refractivity contribution >= 4 is 34.0 Å². The van der Waals surface area contributed by atoms with Crippen LogP contribution in [0.5, 0.6) is 0 Å². The first-order valence-electron chi connectivity index (χ1n) is 9.26. The average molecular weight is 416 g/mol. The molecule has 1 atom stereocenters. The van der Waals surface area contributed by atoms with E-state index in [9.17, 15) is 9.59 Å². The fourth-order valence-electron chi connectivity index (χ4n) is 3.19. The van der Waals surface area contributed by atoms with Crippen LogP contribution in [-0.4, -0.2) is 35.5 Å². The maximum absolute atomic E-state index is 12.2. The van der Waals surface area contributed by atoms with Crippen LogP contribution in [0.15, 0.2) is 48.5 Å². The Labute approximate surface area is 174 Å². The van der Waals surface area contributed by atoms with E-state index in [4.69, 9.17) is 4.74 Å². The Kier molecular flexibility index (Phi) is 6.73. The van der Waals surface area contributed by atoms with E-state index in [1.54, 1.807) is 21.6 Å². The zero-order chi connectivity index (χ0) is 20.1. The van der Waals surface area contributed by atoms with Gasteiger partial charge in [-0.05, 0) is 22.3 Å². The van der Waals surface area contributed by atoms with Gasteiger partial charge in [0.25, 0.3) is 0 Å². The molecule has 0 radical (unpaired) electrons. The predicted octanol–water partition coefficient (Wildman–Crippen LogP) is 5.27. The number of hydrogen-bond donors (Lipinski definition) is 1. The quantitative estimate of drug-likeness (QED) is 0.493. The molecule has 4 nitrogen and oxygen atoms in total. The Hall–Kier alpha value is -1.92. The van der Waals surface area contributed by atoms with Gasteiger partial charge in [-0.25, -0.2) is 4.79 Å². The SMILES string of the molecule is CC(C)(C)SSCC(C=O)NC(=O)OCC1c2ccccc2-c2ccccc21. The highest BCUT2D eigenvalue weighted by molar-refractivity contribution is 8.77. The lowest BCUT2D eigenvalue weighted by molar-refractivity contribution is -0.109. The molecule has 1 aliphatic carbocycles. The zero-order valence-electron chi connectivity index (χ0n) is 16.3.